The van der Waals surface area contributed by atoms with Gasteiger partial charge < -0.3 is 5.73 Å². The molecule has 0 radical (unpaired) electrons. The van der Waals surface area contributed by atoms with Crippen LogP contribution in [0, 0.1) is 12.7 Å². The van der Waals surface area contributed by atoms with Gasteiger partial charge in [-0.3, -0.25) is 9.69 Å². The number of benzene rings is 1. The molecule has 3 nitrogen and oxygen atoms in total. The fourth-order valence-corrected chi connectivity index (χ4v) is 1.50. The molecule has 0 fully saturated rings. The monoisotopic (exact) mass is 210 g/mol. The molecule has 1 atom stereocenters. The van der Waals surface area contributed by atoms with Crippen LogP contribution in [0.25, 0.3) is 0 Å². The number of nitrogens with two attached hydrogens (primary N) is 1. The van der Waals surface area contributed by atoms with E-state index in [1.165, 1.54) is 6.07 Å². The van der Waals surface area contributed by atoms with E-state index < -0.39 is 11.9 Å². The molecule has 0 heterocycles. The van der Waals surface area contributed by atoms with Crippen molar-refractivity contribution >= 4 is 5.91 Å². The lowest BCUT2D eigenvalue weighted by Gasteiger charge is -2.21. The molecule has 1 aromatic rings. The smallest absolute Gasteiger partial charge is 0.239 e. The van der Waals surface area contributed by atoms with Gasteiger partial charge in [-0.15, -0.1) is 0 Å². The van der Waals surface area contributed by atoms with Crippen LogP contribution in [-0.2, 0) is 4.79 Å². The average molecular weight is 210 g/mol. The molecule has 0 saturated heterocycles. The van der Waals surface area contributed by atoms with Crippen LogP contribution >= 0.6 is 0 Å². The lowest BCUT2D eigenvalue weighted by atomic mass is 10.0. The molecule has 1 unspecified atom stereocenters. The Morgan fingerprint density at radius 1 is 1.47 bits per heavy atom. The molecule has 0 spiro atoms. The molecule has 0 aliphatic carbocycles. The second-order valence-corrected chi connectivity index (χ2v) is 3.78. The SMILES string of the molecule is Cc1ccc(C(C(N)=O)N(C)C)cc1F. The first-order chi connectivity index (χ1) is 6.93. The Hall–Kier alpha value is -1.42. The summed E-state index contributed by atoms with van der Waals surface area (Å²) in [7, 11) is 3.46. The Morgan fingerprint density at radius 2 is 2.07 bits per heavy atom. The average Bonchev–Trinajstić information content (AvgIpc) is 2.10. The minimum Gasteiger partial charge on any atom is -0.368 e. The van der Waals surface area contributed by atoms with Crippen LogP contribution in [-0.4, -0.2) is 24.9 Å². The third-order valence-corrected chi connectivity index (χ3v) is 2.30. The maximum atomic E-state index is 13.3. The first-order valence-corrected chi connectivity index (χ1v) is 4.65. The number of likely N-dealkylation sites (N-methyl/N-ethyl adjacent to an activating group) is 1. The van der Waals surface area contributed by atoms with Crippen molar-refractivity contribution < 1.29 is 9.18 Å². The summed E-state index contributed by atoms with van der Waals surface area (Å²) in [6.07, 6.45) is 0. The quantitative estimate of drug-likeness (QED) is 0.815. The van der Waals surface area contributed by atoms with Crippen molar-refractivity contribution in [2.75, 3.05) is 14.1 Å². The van der Waals surface area contributed by atoms with E-state index in [1.54, 1.807) is 38.1 Å². The summed E-state index contributed by atoms with van der Waals surface area (Å²) in [5.74, 6) is -0.802. The van der Waals surface area contributed by atoms with E-state index in [1.807, 2.05) is 0 Å². The van der Waals surface area contributed by atoms with E-state index in [0.717, 1.165) is 0 Å². The molecular weight excluding hydrogens is 195 g/mol. The van der Waals surface area contributed by atoms with E-state index >= 15 is 0 Å². The van der Waals surface area contributed by atoms with Crippen molar-refractivity contribution in [1.29, 1.82) is 0 Å². The number of halogens is 1. The molecule has 1 amide bonds. The van der Waals surface area contributed by atoms with Gasteiger partial charge in [-0.05, 0) is 38.2 Å². The van der Waals surface area contributed by atoms with E-state index in [9.17, 15) is 9.18 Å². The summed E-state index contributed by atoms with van der Waals surface area (Å²) in [4.78, 5) is 12.9. The van der Waals surface area contributed by atoms with Gasteiger partial charge in [-0.1, -0.05) is 12.1 Å². The highest BCUT2D eigenvalue weighted by molar-refractivity contribution is 5.81. The molecule has 82 valence electrons. The zero-order valence-corrected chi connectivity index (χ0v) is 9.12. The van der Waals surface area contributed by atoms with Crippen molar-refractivity contribution in [2.24, 2.45) is 5.73 Å². The Kier molecular flexibility index (Phi) is 3.42. The van der Waals surface area contributed by atoms with Crippen molar-refractivity contribution in [3.63, 3.8) is 0 Å². The number of hydrogen-bond donors (Lipinski definition) is 1. The van der Waals surface area contributed by atoms with Gasteiger partial charge in [0.15, 0.2) is 0 Å². The molecule has 0 aliphatic rings. The Balaban J connectivity index is 3.12. The third-order valence-electron chi connectivity index (χ3n) is 2.30. The molecule has 4 heteroatoms. The molecule has 0 aromatic heterocycles. The maximum absolute atomic E-state index is 13.3. The van der Waals surface area contributed by atoms with Gasteiger partial charge in [0.1, 0.15) is 11.9 Å². The van der Waals surface area contributed by atoms with Crippen molar-refractivity contribution in [2.45, 2.75) is 13.0 Å². The number of primary amides is 1. The molecule has 0 saturated carbocycles. The van der Waals surface area contributed by atoms with Gasteiger partial charge in [-0.25, -0.2) is 4.39 Å². The fourth-order valence-electron chi connectivity index (χ4n) is 1.50. The molecule has 1 aromatic carbocycles. The highest BCUT2D eigenvalue weighted by Gasteiger charge is 2.20. The number of carbonyl (C=O) groups excluding carboxylic acids is 1. The summed E-state index contributed by atoms with van der Waals surface area (Å²) in [5.41, 5.74) is 6.39. The number of rotatable bonds is 3. The second kappa shape index (κ2) is 4.40. The zero-order valence-electron chi connectivity index (χ0n) is 9.12. The van der Waals surface area contributed by atoms with Crippen molar-refractivity contribution in [3.05, 3.63) is 35.1 Å². The molecule has 0 bridgehead atoms. The van der Waals surface area contributed by atoms with Crippen LogP contribution in [0.5, 0.6) is 0 Å². The van der Waals surface area contributed by atoms with Crippen LogP contribution in [0.1, 0.15) is 17.2 Å². The van der Waals surface area contributed by atoms with Crippen LogP contribution in [0.3, 0.4) is 0 Å². The van der Waals surface area contributed by atoms with Crippen LogP contribution in [0.15, 0.2) is 18.2 Å². The highest BCUT2D eigenvalue weighted by atomic mass is 19.1. The first-order valence-electron chi connectivity index (χ1n) is 4.65. The molecule has 15 heavy (non-hydrogen) atoms. The maximum Gasteiger partial charge on any atom is 0.239 e. The van der Waals surface area contributed by atoms with Gasteiger partial charge in [-0.2, -0.15) is 0 Å². The van der Waals surface area contributed by atoms with Crippen molar-refractivity contribution in [1.82, 2.24) is 4.90 Å². The predicted molar refractivity (Wildman–Crippen MR) is 56.8 cm³/mol. The molecule has 2 N–H and O–H groups in total. The van der Waals surface area contributed by atoms with E-state index in [0.29, 0.717) is 11.1 Å². The Bertz CT molecular complexity index is 377. The summed E-state index contributed by atoms with van der Waals surface area (Å²) >= 11 is 0. The van der Waals surface area contributed by atoms with Crippen LogP contribution in [0.2, 0.25) is 0 Å². The summed E-state index contributed by atoms with van der Waals surface area (Å²) in [6.45, 7) is 1.67. The molecule has 0 aliphatic heterocycles. The third kappa shape index (κ3) is 2.53. The minimum atomic E-state index is -0.583. The lowest BCUT2D eigenvalue weighted by Crippen LogP contribution is -2.32. The number of amides is 1. The van der Waals surface area contributed by atoms with Gasteiger partial charge in [0.2, 0.25) is 5.91 Å². The number of hydrogen-bond acceptors (Lipinski definition) is 2. The summed E-state index contributed by atoms with van der Waals surface area (Å²) in [6, 6.07) is 4.13. The van der Waals surface area contributed by atoms with Crippen LogP contribution < -0.4 is 5.73 Å². The normalized spacial score (nSPS) is 12.9. The van der Waals surface area contributed by atoms with E-state index in [4.69, 9.17) is 5.73 Å². The largest absolute Gasteiger partial charge is 0.368 e. The standard InChI is InChI=1S/C11H15FN2O/c1-7-4-5-8(6-9(7)12)10(11(13)15)14(2)3/h4-6,10H,1-3H3,(H2,13,15). The number of nitrogens with zero attached hydrogens (tertiary/aromatic N) is 1. The lowest BCUT2D eigenvalue weighted by molar-refractivity contribution is -0.122. The Morgan fingerprint density at radius 3 is 2.47 bits per heavy atom. The number of aryl methyl sites for hydroxylation is 1. The second-order valence-electron chi connectivity index (χ2n) is 3.78. The topological polar surface area (TPSA) is 46.3 Å². The molecule has 1 rings (SSSR count). The minimum absolute atomic E-state index is 0.319. The van der Waals surface area contributed by atoms with Crippen LogP contribution in [0.4, 0.5) is 4.39 Å². The fraction of sp³-hybridized carbons (Fsp3) is 0.364. The van der Waals surface area contributed by atoms with Gasteiger partial charge in [0.05, 0.1) is 0 Å². The molecular formula is C11H15FN2O. The summed E-state index contributed by atoms with van der Waals surface area (Å²) < 4.78 is 13.3. The Labute approximate surface area is 88.7 Å². The van der Waals surface area contributed by atoms with Gasteiger partial charge in [0, 0.05) is 0 Å². The first kappa shape index (κ1) is 11.7. The van der Waals surface area contributed by atoms with Gasteiger partial charge >= 0.3 is 0 Å². The number of carbonyl (C=O) groups is 1. The van der Waals surface area contributed by atoms with Crippen molar-refractivity contribution in [3.8, 4) is 0 Å². The van der Waals surface area contributed by atoms with E-state index in [-0.39, 0.29) is 5.82 Å². The van der Waals surface area contributed by atoms with E-state index in [2.05, 4.69) is 0 Å². The summed E-state index contributed by atoms with van der Waals surface area (Å²) in [5, 5.41) is 0. The predicted octanol–water partition coefficient (Wildman–Crippen LogP) is 1.22. The highest BCUT2D eigenvalue weighted by Crippen LogP contribution is 2.20. The van der Waals surface area contributed by atoms with Gasteiger partial charge in [0.25, 0.3) is 0 Å². The zero-order chi connectivity index (χ0) is 11.6.